The van der Waals surface area contributed by atoms with Crippen molar-refractivity contribution in [2.75, 3.05) is 13.7 Å². The molecule has 0 aliphatic rings. The minimum Gasteiger partial charge on any atom is -0.497 e. The van der Waals surface area contributed by atoms with Crippen LogP contribution in [0, 0.1) is 0 Å². The number of methoxy groups -OCH3 is 1. The van der Waals surface area contributed by atoms with Gasteiger partial charge in [0.25, 0.3) is 0 Å². The minimum atomic E-state index is -1.02. The van der Waals surface area contributed by atoms with Crippen molar-refractivity contribution in [1.29, 1.82) is 0 Å². The van der Waals surface area contributed by atoms with Gasteiger partial charge in [0.2, 0.25) is 0 Å². The molecule has 1 aromatic heterocycles. The highest BCUT2D eigenvalue weighted by Crippen LogP contribution is 2.20. The summed E-state index contributed by atoms with van der Waals surface area (Å²) in [6.45, 7) is 0.548. The van der Waals surface area contributed by atoms with Gasteiger partial charge in [0.15, 0.2) is 0 Å². The average molecular weight is 373 g/mol. The Bertz CT molecular complexity index is 744. The summed E-state index contributed by atoms with van der Waals surface area (Å²) in [5.41, 5.74) is 2.54. The molecule has 0 amide bonds. The van der Waals surface area contributed by atoms with Crippen molar-refractivity contribution >= 4 is 24.7 Å². The molecule has 5 nitrogen and oxygen atoms in total. The van der Waals surface area contributed by atoms with Crippen molar-refractivity contribution in [3.63, 3.8) is 0 Å². The Kier molecular flexibility index (Phi) is 8.02. The maximum atomic E-state index is 10.7. The molecular formula is C20H23NO4S. The van der Waals surface area contributed by atoms with Gasteiger partial charge in [-0.3, -0.25) is 0 Å². The molecule has 1 aromatic carbocycles. The number of nitrogens with zero attached hydrogens (tertiary/aromatic N) is 1. The van der Waals surface area contributed by atoms with Crippen molar-refractivity contribution in [1.82, 2.24) is 4.98 Å². The number of rotatable bonds is 10. The molecule has 1 heterocycles. The molecule has 0 aliphatic heterocycles. The first-order chi connectivity index (χ1) is 12.6. The van der Waals surface area contributed by atoms with Gasteiger partial charge in [-0.2, -0.15) is 12.6 Å². The number of carbonyl (C=O) groups is 1. The number of ether oxygens (including phenoxy) is 2. The van der Waals surface area contributed by atoms with Crippen LogP contribution in [0.5, 0.6) is 11.5 Å². The van der Waals surface area contributed by atoms with E-state index in [2.05, 4.69) is 29.7 Å². The van der Waals surface area contributed by atoms with E-state index in [9.17, 15) is 4.79 Å². The van der Waals surface area contributed by atoms with Crippen molar-refractivity contribution in [2.24, 2.45) is 0 Å². The molecule has 2 rings (SSSR count). The number of pyridine rings is 1. The number of carboxylic acids is 1. The topological polar surface area (TPSA) is 68.7 Å². The van der Waals surface area contributed by atoms with Gasteiger partial charge >= 0.3 is 5.97 Å². The predicted molar refractivity (Wildman–Crippen MR) is 105 cm³/mol. The predicted octanol–water partition coefficient (Wildman–Crippen LogP) is 4.02. The summed E-state index contributed by atoms with van der Waals surface area (Å²) in [5.74, 6) is 0.901. The second-order valence-corrected chi connectivity index (χ2v) is 5.99. The van der Waals surface area contributed by atoms with E-state index in [1.54, 1.807) is 7.11 Å². The molecule has 0 bridgehead atoms. The fraction of sp³-hybridized carbons (Fsp3) is 0.300. The van der Waals surface area contributed by atoms with Crippen LogP contribution in [0.1, 0.15) is 29.8 Å². The molecule has 0 spiro atoms. The molecule has 0 radical (unpaired) electrons. The van der Waals surface area contributed by atoms with E-state index in [0.29, 0.717) is 23.8 Å². The third-order valence-electron chi connectivity index (χ3n) is 3.77. The number of unbranched alkanes of at least 4 members (excludes halogenated alkanes) is 1. The van der Waals surface area contributed by atoms with Gasteiger partial charge in [-0.25, -0.2) is 9.78 Å². The van der Waals surface area contributed by atoms with Crippen LogP contribution >= 0.6 is 12.6 Å². The van der Waals surface area contributed by atoms with E-state index in [4.69, 9.17) is 14.6 Å². The fourth-order valence-electron chi connectivity index (χ4n) is 2.39. The SMILES string of the molecule is COc1ccc(CCCCOc2ccc(CS)nc2C=CC(=O)O)cc1. The zero-order chi connectivity index (χ0) is 18.8. The molecule has 0 fully saturated rings. The lowest BCUT2D eigenvalue weighted by molar-refractivity contribution is -0.131. The summed E-state index contributed by atoms with van der Waals surface area (Å²) in [4.78, 5) is 15.1. The lowest BCUT2D eigenvalue weighted by Crippen LogP contribution is -2.02. The minimum absolute atomic E-state index is 0.482. The van der Waals surface area contributed by atoms with E-state index >= 15 is 0 Å². The molecule has 0 unspecified atom stereocenters. The van der Waals surface area contributed by atoms with Crippen LogP contribution in [0.25, 0.3) is 6.08 Å². The van der Waals surface area contributed by atoms with Gasteiger partial charge in [-0.1, -0.05) is 12.1 Å². The van der Waals surface area contributed by atoms with Crippen LogP contribution in [-0.2, 0) is 17.0 Å². The molecule has 1 N–H and O–H groups in total. The normalized spacial score (nSPS) is 10.8. The monoisotopic (exact) mass is 373 g/mol. The van der Waals surface area contributed by atoms with Crippen molar-refractivity contribution in [3.8, 4) is 11.5 Å². The average Bonchev–Trinajstić information content (AvgIpc) is 2.67. The Morgan fingerprint density at radius 1 is 1.19 bits per heavy atom. The summed E-state index contributed by atoms with van der Waals surface area (Å²) >= 11 is 4.19. The first-order valence-corrected chi connectivity index (χ1v) is 9.03. The fourth-order valence-corrected chi connectivity index (χ4v) is 2.57. The Balaban J connectivity index is 1.85. The van der Waals surface area contributed by atoms with Gasteiger partial charge in [-0.15, -0.1) is 0 Å². The first kappa shape index (κ1) is 19.8. The van der Waals surface area contributed by atoms with Gasteiger partial charge in [0, 0.05) is 11.8 Å². The quantitative estimate of drug-likeness (QED) is 0.374. The summed E-state index contributed by atoms with van der Waals surface area (Å²) in [7, 11) is 1.66. The molecule has 26 heavy (non-hydrogen) atoms. The van der Waals surface area contributed by atoms with Crippen LogP contribution in [0.3, 0.4) is 0 Å². The molecular weight excluding hydrogens is 350 g/mol. The van der Waals surface area contributed by atoms with Gasteiger partial charge < -0.3 is 14.6 Å². The van der Waals surface area contributed by atoms with Crippen molar-refractivity contribution in [3.05, 3.63) is 59.4 Å². The van der Waals surface area contributed by atoms with Gasteiger partial charge in [0.05, 0.1) is 19.4 Å². The Morgan fingerprint density at radius 3 is 2.62 bits per heavy atom. The number of aliphatic carboxylic acids is 1. The van der Waals surface area contributed by atoms with E-state index in [-0.39, 0.29) is 0 Å². The largest absolute Gasteiger partial charge is 0.497 e. The number of benzene rings is 1. The second-order valence-electron chi connectivity index (χ2n) is 5.67. The summed E-state index contributed by atoms with van der Waals surface area (Å²) in [5, 5.41) is 8.80. The number of hydrogen-bond donors (Lipinski definition) is 2. The molecule has 138 valence electrons. The second kappa shape index (κ2) is 10.5. The van der Waals surface area contributed by atoms with Gasteiger partial charge in [0.1, 0.15) is 17.2 Å². The highest BCUT2D eigenvalue weighted by Gasteiger charge is 2.05. The zero-order valence-electron chi connectivity index (χ0n) is 14.7. The Morgan fingerprint density at radius 2 is 1.96 bits per heavy atom. The molecule has 0 aliphatic carbocycles. The van der Waals surface area contributed by atoms with Crippen LogP contribution in [-0.4, -0.2) is 29.8 Å². The maximum absolute atomic E-state index is 10.7. The molecule has 0 saturated carbocycles. The van der Waals surface area contributed by atoms with Crippen LogP contribution < -0.4 is 9.47 Å². The molecule has 6 heteroatoms. The summed E-state index contributed by atoms with van der Waals surface area (Å²) in [6.07, 6.45) is 5.36. The van der Waals surface area contributed by atoms with Crippen LogP contribution in [0.4, 0.5) is 0 Å². The van der Waals surface area contributed by atoms with E-state index in [1.165, 1.54) is 11.6 Å². The number of thiol groups is 1. The van der Waals surface area contributed by atoms with Crippen LogP contribution in [0.15, 0.2) is 42.5 Å². The van der Waals surface area contributed by atoms with Crippen molar-refractivity contribution in [2.45, 2.75) is 25.0 Å². The molecule has 2 aromatic rings. The molecule has 0 atom stereocenters. The number of hydrogen-bond acceptors (Lipinski definition) is 5. The summed E-state index contributed by atoms with van der Waals surface area (Å²) in [6, 6.07) is 11.7. The molecule has 0 saturated heterocycles. The standard InChI is InChI=1S/C20H23NO4S/c1-24-17-8-5-15(6-9-17)4-2-3-13-25-19-11-7-16(14-26)21-18(19)10-12-20(22)23/h5-12,26H,2-4,13-14H2,1H3,(H,22,23). The first-order valence-electron chi connectivity index (χ1n) is 8.40. The van der Waals surface area contributed by atoms with Gasteiger partial charge in [-0.05, 0) is 55.2 Å². The third kappa shape index (κ3) is 6.44. The highest BCUT2D eigenvalue weighted by atomic mass is 32.1. The zero-order valence-corrected chi connectivity index (χ0v) is 15.6. The Labute approximate surface area is 159 Å². The van der Waals surface area contributed by atoms with E-state index < -0.39 is 5.97 Å². The van der Waals surface area contributed by atoms with E-state index in [1.807, 2.05) is 24.3 Å². The van der Waals surface area contributed by atoms with Crippen LogP contribution in [0.2, 0.25) is 0 Å². The maximum Gasteiger partial charge on any atom is 0.328 e. The Hall–Kier alpha value is -2.47. The number of carboxylic acid groups (broad SMARTS) is 1. The highest BCUT2D eigenvalue weighted by molar-refractivity contribution is 7.79. The smallest absolute Gasteiger partial charge is 0.328 e. The number of aromatic nitrogens is 1. The van der Waals surface area contributed by atoms with E-state index in [0.717, 1.165) is 36.8 Å². The lowest BCUT2D eigenvalue weighted by atomic mass is 10.1. The lowest BCUT2D eigenvalue weighted by Gasteiger charge is -2.10. The summed E-state index contributed by atoms with van der Waals surface area (Å²) < 4.78 is 10.9. The third-order valence-corrected chi connectivity index (χ3v) is 4.09. The van der Waals surface area contributed by atoms with Crippen molar-refractivity contribution < 1.29 is 19.4 Å². The number of aryl methyl sites for hydroxylation is 1.